The molecule has 0 radical (unpaired) electrons. The number of carbonyl (C=O) groups excluding carboxylic acids is 1. The van der Waals surface area contributed by atoms with E-state index in [2.05, 4.69) is 0 Å². The van der Waals surface area contributed by atoms with Crippen LogP contribution in [0.5, 0.6) is 5.75 Å². The molecule has 9 heteroatoms. The zero-order valence-electron chi connectivity index (χ0n) is 20.8. The average molecular weight is 548 g/mol. The summed E-state index contributed by atoms with van der Waals surface area (Å²) in [6.07, 6.45) is -0.444. The summed E-state index contributed by atoms with van der Waals surface area (Å²) in [6.45, 7) is 0. The van der Waals surface area contributed by atoms with Gasteiger partial charge >= 0.3 is 7.60 Å². The second-order valence-corrected chi connectivity index (χ2v) is 11.1. The fourth-order valence-electron chi connectivity index (χ4n) is 5.21. The van der Waals surface area contributed by atoms with Crippen LogP contribution in [0.3, 0.4) is 0 Å². The van der Waals surface area contributed by atoms with E-state index in [1.165, 1.54) is 36.4 Å². The van der Waals surface area contributed by atoms with Gasteiger partial charge in [0.15, 0.2) is 0 Å². The summed E-state index contributed by atoms with van der Waals surface area (Å²) in [5.74, 6) is -1.28. The molecule has 1 unspecified atom stereocenters. The Bertz CT molecular complexity index is 1560. The minimum atomic E-state index is -4.56. The van der Waals surface area contributed by atoms with Crippen molar-refractivity contribution in [3.8, 4) is 16.9 Å². The number of amides is 1. The van der Waals surface area contributed by atoms with Gasteiger partial charge in [-0.25, -0.2) is 4.39 Å². The summed E-state index contributed by atoms with van der Waals surface area (Å²) in [4.78, 5) is 34.5. The third kappa shape index (κ3) is 5.37. The lowest BCUT2D eigenvalue weighted by atomic mass is 9.77. The molecule has 4 aromatic carbocycles. The van der Waals surface area contributed by atoms with Gasteiger partial charge in [0.1, 0.15) is 11.6 Å². The summed E-state index contributed by atoms with van der Waals surface area (Å²) in [6, 6.07) is 25.1. The number of halogens is 1. The number of anilines is 1. The van der Waals surface area contributed by atoms with Gasteiger partial charge in [-0.05, 0) is 65.9 Å². The van der Waals surface area contributed by atoms with Crippen LogP contribution in [0.25, 0.3) is 11.1 Å². The average Bonchev–Trinajstić information content (AvgIpc) is 2.92. The van der Waals surface area contributed by atoms with E-state index in [4.69, 9.17) is 0 Å². The van der Waals surface area contributed by atoms with Crippen LogP contribution in [0.15, 0.2) is 97.1 Å². The van der Waals surface area contributed by atoms with E-state index in [0.29, 0.717) is 34.4 Å². The highest BCUT2D eigenvalue weighted by atomic mass is 31.2. The molecule has 1 heterocycles. The number of nitrogens with zero attached hydrogens (tertiary/aromatic N) is 1. The van der Waals surface area contributed by atoms with Crippen molar-refractivity contribution in [1.82, 2.24) is 0 Å². The SMILES string of the molecule is O=C1[C@H](CCC(O)c2cccc(F)c2)[C@@H](c2ccc(-c3ccccc3P(=O)(O)O)cc2O)N1c1ccccc1. The van der Waals surface area contributed by atoms with E-state index in [1.807, 2.05) is 18.2 Å². The molecule has 0 saturated carbocycles. The van der Waals surface area contributed by atoms with Crippen LogP contribution in [0, 0.1) is 11.7 Å². The second-order valence-electron chi connectivity index (χ2n) is 9.58. The zero-order valence-corrected chi connectivity index (χ0v) is 21.7. The summed E-state index contributed by atoms with van der Waals surface area (Å²) >= 11 is 0. The van der Waals surface area contributed by atoms with Crippen molar-refractivity contribution in [3.63, 3.8) is 0 Å². The molecule has 1 amide bonds. The monoisotopic (exact) mass is 547 g/mol. The van der Waals surface area contributed by atoms with Crippen LogP contribution in [0.4, 0.5) is 10.1 Å². The quantitative estimate of drug-likeness (QED) is 0.178. The third-order valence-corrected chi connectivity index (χ3v) is 8.13. The topological polar surface area (TPSA) is 118 Å². The molecule has 0 bridgehead atoms. The van der Waals surface area contributed by atoms with E-state index in [1.54, 1.807) is 47.4 Å². The summed E-state index contributed by atoms with van der Waals surface area (Å²) < 4.78 is 25.7. The molecule has 0 aliphatic carbocycles. The number of aromatic hydroxyl groups is 1. The maximum Gasteiger partial charge on any atom is 0.356 e. The molecule has 7 nitrogen and oxygen atoms in total. The number of aliphatic hydroxyl groups is 1. The minimum absolute atomic E-state index is 0.123. The number of aliphatic hydroxyl groups excluding tert-OH is 1. The van der Waals surface area contributed by atoms with E-state index in [9.17, 15) is 33.7 Å². The standard InChI is InChI=1S/C30H27FNO6P/c31-21-8-6-7-20(17-21)26(33)16-15-25-29(32(30(25)35)22-9-2-1-3-10-22)24-14-13-19(18-27(24)34)23-11-4-5-12-28(23)39(36,37)38/h1-14,17-18,25-26,29,33-34H,15-16H2,(H2,36,37,38)/t25-,26?,29-/m1/s1. The first-order valence-corrected chi connectivity index (χ1v) is 14.1. The Morgan fingerprint density at radius 2 is 1.62 bits per heavy atom. The fraction of sp³-hybridized carbons (Fsp3) is 0.167. The number of phenols is 1. The molecular formula is C30H27FNO6P. The zero-order chi connectivity index (χ0) is 27.7. The Kier molecular flexibility index (Phi) is 7.38. The predicted molar refractivity (Wildman–Crippen MR) is 146 cm³/mol. The van der Waals surface area contributed by atoms with E-state index in [-0.39, 0.29) is 23.4 Å². The van der Waals surface area contributed by atoms with Crippen LogP contribution in [-0.4, -0.2) is 25.9 Å². The van der Waals surface area contributed by atoms with E-state index >= 15 is 0 Å². The lowest BCUT2D eigenvalue weighted by molar-refractivity contribution is -0.131. The van der Waals surface area contributed by atoms with Crippen LogP contribution in [0.2, 0.25) is 0 Å². The Morgan fingerprint density at radius 3 is 2.31 bits per heavy atom. The number of benzene rings is 4. The van der Waals surface area contributed by atoms with Crippen molar-refractivity contribution in [3.05, 3.63) is 114 Å². The molecule has 1 saturated heterocycles. The van der Waals surface area contributed by atoms with Crippen LogP contribution in [0.1, 0.15) is 36.1 Å². The molecule has 1 aliphatic heterocycles. The highest BCUT2D eigenvalue weighted by molar-refractivity contribution is 7.60. The Balaban J connectivity index is 1.47. The molecule has 200 valence electrons. The van der Waals surface area contributed by atoms with E-state index in [0.717, 1.165) is 0 Å². The lowest BCUT2D eigenvalue weighted by Crippen LogP contribution is -2.55. The maximum absolute atomic E-state index is 13.6. The Morgan fingerprint density at radius 1 is 0.897 bits per heavy atom. The van der Waals surface area contributed by atoms with Crippen molar-refractivity contribution in [2.24, 2.45) is 5.92 Å². The smallest absolute Gasteiger partial charge is 0.356 e. The number of rotatable bonds is 8. The molecule has 0 spiro atoms. The van der Waals surface area contributed by atoms with Crippen molar-refractivity contribution >= 4 is 24.5 Å². The number of phenolic OH excluding ortho intramolecular Hbond substituents is 1. The fourth-order valence-corrected chi connectivity index (χ4v) is 6.01. The molecule has 1 fully saturated rings. The van der Waals surface area contributed by atoms with Gasteiger partial charge in [0, 0.05) is 11.3 Å². The molecular weight excluding hydrogens is 520 g/mol. The second kappa shape index (κ2) is 10.8. The van der Waals surface area contributed by atoms with Crippen LogP contribution >= 0.6 is 7.60 Å². The highest BCUT2D eigenvalue weighted by Crippen LogP contribution is 2.49. The molecule has 3 atom stereocenters. The molecule has 1 aliphatic rings. The maximum atomic E-state index is 13.6. The molecule has 4 N–H and O–H groups in total. The summed E-state index contributed by atoms with van der Waals surface area (Å²) in [5.41, 5.74) is 2.28. The van der Waals surface area contributed by atoms with Gasteiger partial charge in [0.05, 0.1) is 23.4 Å². The first-order chi connectivity index (χ1) is 18.6. The summed E-state index contributed by atoms with van der Waals surface area (Å²) in [5, 5.41) is 21.6. The number of para-hydroxylation sites is 1. The first-order valence-electron chi connectivity index (χ1n) is 12.4. The van der Waals surface area contributed by atoms with Crippen molar-refractivity contribution in [1.29, 1.82) is 0 Å². The van der Waals surface area contributed by atoms with Gasteiger partial charge in [-0.2, -0.15) is 0 Å². The Hall–Kier alpha value is -3.81. The number of hydrogen-bond donors (Lipinski definition) is 4. The number of carbonyl (C=O) groups is 1. The molecule has 39 heavy (non-hydrogen) atoms. The van der Waals surface area contributed by atoms with Gasteiger partial charge < -0.3 is 24.9 Å². The van der Waals surface area contributed by atoms with Gasteiger partial charge in [-0.1, -0.05) is 60.7 Å². The molecule has 0 aromatic heterocycles. The number of β-lactam (4-membered cyclic amide) rings is 1. The largest absolute Gasteiger partial charge is 0.508 e. The van der Waals surface area contributed by atoms with Gasteiger partial charge in [0.2, 0.25) is 5.91 Å². The van der Waals surface area contributed by atoms with Crippen molar-refractivity contribution in [2.45, 2.75) is 25.0 Å². The van der Waals surface area contributed by atoms with Crippen LogP contribution in [-0.2, 0) is 9.36 Å². The highest BCUT2D eigenvalue weighted by Gasteiger charge is 2.49. The Labute approximate surface area is 225 Å². The normalized spacial score (nSPS) is 18.1. The van der Waals surface area contributed by atoms with Gasteiger partial charge in [0.25, 0.3) is 0 Å². The van der Waals surface area contributed by atoms with Crippen molar-refractivity contribution < 1.29 is 33.7 Å². The van der Waals surface area contributed by atoms with E-state index < -0.39 is 31.5 Å². The molecule has 4 aromatic rings. The van der Waals surface area contributed by atoms with Gasteiger partial charge in [-0.15, -0.1) is 0 Å². The molecule has 5 rings (SSSR count). The van der Waals surface area contributed by atoms with Gasteiger partial charge in [-0.3, -0.25) is 9.36 Å². The minimum Gasteiger partial charge on any atom is -0.508 e. The van der Waals surface area contributed by atoms with Crippen molar-refractivity contribution in [2.75, 3.05) is 4.90 Å². The summed E-state index contributed by atoms with van der Waals surface area (Å²) in [7, 11) is -4.56. The predicted octanol–water partition coefficient (Wildman–Crippen LogP) is 5.22. The van der Waals surface area contributed by atoms with Crippen LogP contribution < -0.4 is 10.2 Å². The number of hydrogen-bond acceptors (Lipinski definition) is 4. The lowest BCUT2D eigenvalue weighted by Gasteiger charge is -2.48. The first kappa shape index (κ1) is 26.8. The third-order valence-electron chi connectivity index (χ3n) is 7.11.